The van der Waals surface area contributed by atoms with Gasteiger partial charge < -0.3 is 11.1 Å². The van der Waals surface area contributed by atoms with E-state index in [1.165, 1.54) is 0 Å². The third-order valence-corrected chi connectivity index (χ3v) is 2.75. The van der Waals surface area contributed by atoms with Crippen molar-refractivity contribution in [1.29, 1.82) is 0 Å². The molecule has 0 heterocycles. The van der Waals surface area contributed by atoms with Gasteiger partial charge in [0.15, 0.2) is 5.78 Å². The van der Waals surface area contributed by atoms with E-state index in [4.69, 9.17) is 5.73 Å². The van der Waals surface area contributed by atoms with Crippen molar-refractivity contribution >= 4 is 17.4 Å². The summed E-state index contributed by atoms with van der Waals surface area (Å²) in [6.07, 6.45) is 2.65. The van der Waals surface area contributed by atoms with Crippen LogP contribution in [-0.2, 0) is 4.79 Å². The van der Waals surface area contributed by atoms with E-state index in [0.29, 0.717) is 17.3 Å². The summed E-state index contributed by atoms with van der Waals surface area (Å²) in [6, 6.07) is 7.12. The Hall–Kier alpha value is -1.84. The topological polar surface area (TPSA) is 72.2 Å². The van der Waals surface area contributed by atoms with Crippen molar-refractivity contribution in [1.82, 2.24) is 5.32 Å². The SMILES string of the molecule is Nc1ccc(C(=O)CCC(=O)NC2CC2)cc1. The van der Waals surface area contributed by atoms with Crippen LogP contribution in [0.2, 0.25) is 0 Å². The average molecular weight is 232 g/mol. The molecule has 2 rings (SSSR count). The number of hydrogen-bond acceptors (Lipinski definition) is 3. The van der Waals surface area contributed by atoms with Gasteiger partial charge in [0.1, 0.15) is 0 Å². The summed E-state index contributed by atoms with van der Waals surface area (Å²) in [5.41, 5.74) is 6.78. The molecule has 0 radical (unpaired) electrons. The summed E-state index contributed by atoms with van der Waals surface area (Å²) in [7, 11) is 0. The van der Waals surface area contributed by atoms with E-state index >= 15 is 0 Å². The van der Waals surface area contributed by atoms with Gasteiger partial charge in [-0.3, -0.25) is 9.59 Å². The number of benzene rings is 1. The Labute approximate surface area is 100 Å². The largest absolute Gasteiger partial charge is 0.399 e. The molecule has 17 heavy (non-hydrogen) atoms. The van der Waals surface area contributed by atoms with Crippen LogP contribution in [0.5, 0.6) is 0 Å². The Morgan fingerprint density at radius 2 is 1.82 bits per heavy atom. The lowest BCUT2D eigenvalue weighted by Gasteiger charge is -2.03. The Morgan fingerprint density at radius 3 is 2.41 bits per heavy atom. The maximum absolute atomic E-state index is 11.7. The van der Waals surface area contributed by atoms with Gasteiger partial charge in [0.05, 0.1) is 0 Å². The fraction of sp³-hybridized carbons (Fsp3) is 0.385. The summed E-state index contributed by atoms with van der Waals surface area (Å²) in [6.45, 7) is 0. The number of hydrogen-bond donors (Lipinski definition) is 2. The van der Waals surface area contributed by atoms with Crippen LogP contribution in [-0.4, -0.2) is 17.7 Å². The number of nitrogens with two attached hydrogens (primary N) is 1. The van der Waals surface area contributed by atoms with Crippen molar-refractivity contribution < 1.29 is 9.59 Å². The molecule has 0 unspecified atom stereocenters. The number of nitrogen functional groups attached to an aromatic ring is 1. The monoisotopic (exact) mass is 232 g/mol. The highest BCUT2D eigenvalue weighted by molar-refractivity contribution is 5.98. The number of amides is 1. The van der Waals surface area contributed by atoms with Gasteiger partial charge in [-0.1, -0.05) is 0 Å². The number of anilines is 1. The number of rotatable bonds is 5. The maximum atomic E-state index is 11.7. The van der Waals surface area contributed by atoms with E-state index in [-0.39, 0.29) is 24.5 Å². The molecule has 0 saturated heterocycles. The first-order valence-corrected chi connectivity index (χ1v) is 5.83. The normalized spacial score (nSPS) is 14.4. The zero-order valence-electron chi connectivity index (χ0n) is 9.61. The molecule has 0 aliphatic heterocycles. The van der Waals surface area contributed by atoms with E-state index in [0.717, 1.165) is 12.8 Å². The van der Waals surface area contributed by atoms with Gasteiger partial charge in [-0.15, -0.1) is 0 Å². The number of carbonyl (C=O) groups is 2. The molecule has 1 fully saturated rings. The minimum Gasteiger partial charge on any atom is -0.399 e. The molecule has 0 aromatic heterocycles. The van der Waals surface area contributed by atoms with Crippen LogP contribution < -0.4 is 11.1 Å². The predicted molar refractivity (Wildman–Crippen MR) is 65.6 cm³/mol. The molecule has 1 aliphatic carbocycles. The molecule has 0 spiro atoms. The van der Waals surface area contributed by atoms with Crippen LogP contribution in [0.15, 0.2) is 24.3 Å². The molecule has 90 valence electrons. The lowest BCUT2D eigenvalue weighted by atomic mass is 10.1. The average Bonchev–Trinajstić information content (AvgIpc) is 3.11. The number of ketones is 1. The van der Waals surface area contributed by atoms with Crippen molar-refractivity contribution in [2.45, 2.75) is 31.7 Å². The summed E-state index contributed by atoms with van der Waals surface area (Å²) in [4.78, 5) is 23.1. The number of nitrogens with one attached hydrogen (secondary N) is 1. The maximum Gasteiger partial charge on any atom is 0.220 e. The first kappa shape index (κ1) is 11.6. The standard InChI is InChI=1S/C13H16N2O2/c14-10-3-1-9(2-4-10)12(16)7-8-13(17)15-11-5-6-11/h1-4,11H,5-8,14H2,(H,15,17). The van der Waals surface area contributed by atoms with Crippen molar-refractivity contribution in [2.24, 2.45) is 0 Å². The van der Waals surface area contributed by atoms with Crippen molar-refractivity contribution in [3.05, 3.63) is 29.8 Å². The minimum absolute atomic E-state index is 0.0176. The van der Waals surface area contributed by atoms with Crippen LogP contribution in [0.25, 0.3) is 0 Å². The third kappa shape index (κ3) is 3.59. The first-order chi connectivity index (χ1) is 8.15. The molecule has 4 nitrogen and oxygen atoms in total. The zero-order chi connectivity index (χ0) is 12.3. The molecule has 1 aliphatic rings. The van der Waals surface area contributed by atoms with Crippen LogP contribution in [0.4, 0.5) is 5.69 Å². The van der Waals surface area contributed by atoms with E-state index in [1.54, 1.807) is 24.3 Å². The number of Topliss-reactive ketones (excluding diaryl/α,β-unsaturated/α-hetero) is 1. The Bertz CT molecular complexity index is 422. The summed E-state index contributed by atoms with van der Waals surface area (Å²) in [5.74, 6) is -0.0489. The van der Waals surface area contributed by atoms with Crippen LogP contribution in [0, 0.1) is 0 Å². The van der Waals surface area contributed by atoms with Gasteiger partial charge in [0, 0.05) is 30.1 Å². The Kier molecular flexibility index (Phi) is 3.42. The van der Waals surface area contributed by atoms with Gasteiger partial charge in [0.25, 0.3) is 0 Å². The molecule has 0 bridgehead atoms. The molecule has 1 amide bonds. The van der Waals surface area contributed by atoms with Crippen LogP contribution >= 0.6 is 0 Å². The van der Waals surface area contributed by atoms with Crippen molar-refractivity contribution in [3.63, 3.8) is 0 Å². The molecular formula is C13H16N2O2. The molecule has 1 saturated carbocycles. The molecule has 4 heteroatoms. The fourth-order valence-corrected chi connectivity index (χ4v) is 1.57. The van der Waals surface area contributed by atoms with E-state index in [9.17, 15) is 9.59 Å². The van der Waals surface area contributed by atoms with Crippen LogP contribution in [0.1, 0.15) is 36.0 Å². The third-order valence-electron chi connectivity index (χ3n) is 2.75. The molecule has 3 N–H and O–H groups in total. The van der Waals surface area contributed by atoms with E-state index in [1.807, 2.05) is 0 Å². The number of carbonyl (C=O) groups excluding carboxylic acids is 2. The van der Waals surface area contributed by atoms with Gasteiger partial charge in [0.2, 0.25) is 5.91 Å². The second-order valence-corrected chi connectivity index (χ2v) is 4.39. The highest BCUT2D eigenvalue weighted by atomic mass is 16.2. The lowest BCUT2D eigenvalue weighted by Crippen LogP contribution is -2.25. The fourth-order valence-electron chi connectivity index (χ4n) is 1.57. The Balaban J connectivity index is 1.79. The van der Waals surface area contributed by atoms with Gasteiger partial charge in [-0.2, -0.15) is 0 Å². The highest BCUT2D eigenvalue weighted by Crippen LogP contribution is 2.18. The van der Waals surface area contributed by atoms with Crippen LogP contribution in [0.3, 0.4) is 0 Å². The second-order valence-electron chi connectivity index (χ2n) is 4.39. The molecule has 0 atom stereocenters. The zero-order valence-corrected chi connectivity index (χ0v) is 9.61. The quantitative estimate of drug-likeness (QED) is 0.597. The predicted octanol–water partition coefficient (Wildman–Crippen LogP) is 1.51. The molecular weight excluding hydrogens is 216 g/mol. The van der Waals surface area contributed by atoms with Crippen molar-refractivity contribution in [2.75, 3.05) is 5.73 Å². The highest BCUT2D eigenvalue weighted by Gasteiger charge is 2.23. The van der Waals surface area contributed by atoms with Gasteiger partial charge in [-0.25, -0.2) is 0 Å². The summed E-state index contributed by atoms with van der Waals surface area (Å²) < 4.78 is 0. The smallest absolute Gasteiger partial charge is 0.220 e. The Morgan fingerprint density at radius 1 is 1.18 bits per heavy atom. The molecule has 1 aromatic rings. The first-order valence-electron chi connectivity index (χ1n) is 5.83. The van der Waals surface area contributed by atoms with Gasteiger partial charge >= 0.3 is 0 Å². The van der Waals surface area contributed by atoms with E-state index < -0.39 is 0 Å². The lowest BCUT2D eigenvalue weighted by molar-refractivity contribution is -0.121. The second kappa shape index (κ2) is 4.99. The minimum atomic E-state index is -0.0312. The van der Waals surface area contributed by atoms with Gasteiger partial charge in [-0.05, 0) is 37.1 Å². The summed E-state index contributed by atoms with van der Waals surface area (Å²) in [5, 5.41) is 2.86. The molecule has 1 aromatic carbocycles. The van der Waals surface area contributed by atoms with E-state index in [2.05, 4.69) is 5.32 Å². The van der Waals surface area contributed by atoms with Crippen molar-refractivity contribution in [3.8, 4) is 0 Å². The summed E-state index contributed by atoms with van der Waals surface area (Å²) >= 11 is 0.